The maximum absolute atomic E-state index is 13.1. The van der Waals surface area contributed by atoms with Crippen LogP contribution >= 0.6 is 0 Å². The van der Waals surface area contributed by atoms with Gasteiger partial charge in [-0.3, -0.25) is 0 Å². The van der Waals surface area contributed by atoms with E-state index >= 15 is 0 Å². The summed E-state index contributed by atoms with van der Waals surface area (Å²) in [6, 6.07) is 17.0. The highest BCUT2D eigenvalue weighted by atomic mass is 32.2. The van der Waals surface area contributed by atoms with Gasteiger partial charge in [0.1, 0.15) is 0 Å². The monoisotopic (exact) mass is 329 g/mol. The van der Waals surface area contributed by atoms with Crippen LogP contribution in [0.25, 0.3) is 0 Å². The van der Waals surface area contributed by atoms with E-state index in [4.69, 9.17) is 0 Å². The van der Waals surface area contributed by atoms with Gasteiger partial charge in [-0.05, 0) is 37.5 Å². The Morgan fingerprint density at radius 2 is 1.61 bits per heavy atom. The molecule has 0 aromatic heterocycles. The third kappa shape index (κ3) is 3.48. The van der Waals surface area contributed by atoms with Crippen molar-refractivity contribution in [3.8, 4) is 0 Å². The maximum Gasteiger partial charge on any atom is 0.243 e. The fourth-order valence-electron chi connectivity index (χ4n) is 3.22. The summed E-state index contributed by atoms with van der Waals surface area (Å²) in [6.07, 6.45) is 3.96. The molecule has 4 heteroatoms. The third-order valence-electron chi connectivity index (χ3n) is 4.52. The van der Waals surface area contributed by atoms with Crippen molar-refractivity contribution in [2.24, 2.45) is 0 Å². The van der Waals surface area contributed by atoms with Crippen molar-refractivity contribution in [2.75, 3.05) is 6.54 Å². The lowest BCUT2D eigenvalue weighted by Gasteiger charge is -2.29. The fraction of sp³-hybridized carbons (Fsp3) is 0.368. The van der Waals surface area contributed by atoms with Gasteiger partial charge < -0.3 is 0 Å². The zero-order valence-corrected chi connectivity index (χ0v) is 14.3. The molecule has 1 saturated heterocycles. The number of rotatable bonds is 3. The van der Waals surface area contributed by atoms with Gasteiger partial charge in [0, 0.05) is 6.54 Å². The first-order chi connectivity index (χ1) is 11.1. The van der Waals surface area contributed by atoms with Crippen LogP contribution in [0, 0.1) is 6.92 Å². The molecule has 0 N–H and O–H groups in total. The first-order valence-electron chi connectivity index (χ1n) is 8.22. The molecular formula is C19H23NO2S. The van der Waals surface area contributed by atoms with Crippen LogP contribution in [0.15, 0.2) is 59.5 Å². The Morgan fingerprint density at radius 1 is 0.913 bits per heavy atom. The summed E-state index contributed by atoms with van der Waals surface area (Å²) in [5.74, 6) is 0. The first kappa shape index (κ1) is 16.2. The van der Waals surface area contributed by atoms with Gasteiger partial charge in [-0.1, -0.05) is 60.9 Å². The number of benzene rings is 2. The normalized spacial score (nSPS) is 20.1. The molecule has 2 aromatic carbocycles. The van der Waals surface area contributed by atoms with E-state index in [1.807, 2.05) is 6.07 Å². The van der Waals surface area contributed by atoms with Gasteiger partial charge in [0.25, 0.3) is 0 Å². The van der Waals surface area contributed by atoms with Gasteiger partial charge in [-0.2, -0.15) is 4.31 Å². The molecule has 0 amide bonds. The van der Waals surface area contributed by atoms with Crippen molar-refractivity contribution in [1.29, 1.82) is 0 Å². The zero-order valence-electron chi connectivity index (χ0n) is 13.5. The molecule has 0 spiro atoms. The molecule has 0 saturated carbocycles. The van der Waals surface area contributed by atoms with Crippen molar-refractivity contribution < 1.29 is 8.42 Å². The van der Waals surface area contributed by atoms with Crippen molar-refractivity contribution >= 4 is 10.0 Å². The summed E-state index contributed by atoms with van der Waals surface area (Å²) in [7, 11) is -3.46. The lowest BCUT2D eigenvalue weighted by molar-refractivity contribution is 0.329. The highest BCUT2D eigenvalue weighted by molar-refractivity contribution is 7.89. The Hall–Kier alpha value is -1.65. The van der Waals surface area contributed by atoms with E-state index in [2.05, 4.69) is 31.2 Å². The molecule has 3 nitrogen and oxygen atoms in total. The number of hydrogen-bond acceptors (Lipinski definition) is 2. The number of nitrogens with zero attached hydrogens (tertiary/aromatic N) is 1. The molecule has 1 aliphatic heterocycles. The second-order valence-corrected chi connectivity index (χ2v) is 8.10. The van der Waals surface area contributed by atoms with Gasteiger partial charge in [-0.15, -0.1) is 0 Å². The maximum atomic E-state index is 13.1. The molecule has 1 aliphatic rings. The van der Waals surface area contributed by atoms with Crippen LogP contribution in [0.1, 0.15) is 42.9 Å². The summed E-state index contributed by atoms with van der Waals surface area (Å²) in [5, 5.41) is 0. The van der Waals surface area contributed by atoms with E-state index in [1.54, 1.807) is 28.6 Å². The smallest absolute Gasteiger partial charge is 0.207 e. The Labute approximate surface area is 139 Å². The molecule has 0 unspecified atom stereocenters. The molecular weight excluding hydrogens is 306 g/mol. The number of hydrogen-bond donors (Lipinski definition) is 0. The van der Waals surface area contributed by atoms with Crippen molar-refractivity contribution in [2.45, 2.75) is 43.5 Å². The van der Waals surface area contributed by atoms with E-state index in [0.717, 1.165) is 31.2 Å². The highest BCUT2D eigenvalue weighted by Gasteiger charge is 2.33. The number of aryl methyl sites for hydroxylation is 1. The standard InChI is InChI=1S/C19H23NO2S/c1-16-11-13-17(14-12-16)19-10-6-3-7-15-20(19)23(21,22)18-8-4-2-5-9-18/h2,4-5,8-9,11-14,19H,3,6-7,10,15H2,1H3/t19-/m0/s1. The van der Waals surface area contributed by atoms with Gasteiger partial charge in [-0.25, -0.2) is 8.42 Å². The molecule has 122 valence electrons. The third-order valence-corrected chi connectivity index (χ3v) is 6.44. The van der Waals surface area contributed by atoms with Gasteiger partial charge in [0.2, 0.25) is 10.0 Å². The van der Waals surface area contributed by atoms with Crippen LogP contribution in [-0.4, -0.2) is 19.3 Å². The van der Waals surface area contributed by atoms with Crippen LogP contribution in [0.3, 0.4) is 0 Å². The lowest BCUT2D eigenvalue weighted by atomic mass is 10.0. The summed E-state index contributed by atoms with van der Waals surface area (Å²) in [5.41, 5.74) is 2.29. The van der Waals surface area contributed by atoms with Gasteiger partial charge in [0.05, 0.1) is 10.9 Å². The Kier molecular flexibility index (Phi) is 4.83. The van der Waals surface area contributed by atoms with Gasteiger partial charge >= 0.3 is 0 Å². The average Bonchev–Trinajstić information content (AvgIpc) is 2.83. The quantitative estimate of drug-likeness (QED) is 0.842. The Balaban J connectivity index is 2.01. The minimum atomic E-state index is -3.46. The van der Waals surface area contributed by atoms with E-state index in [0.29, 0.717) is 11.4 Å². The first-order valence-corrected chi connectivity index (χ1v) is 9.66. The molecule has 3 rings (SSSR count). The minimum Gasteiger partial charge on any atom is -0.207 e. The SMILES string of the molecule is Cc1ccc([C@@H]2CCCCCN2S(=O)(=O)c2ccccc2)cc1. The topological polar surface area (TPSA) is 37.4 Å². The van der Waals surface area contributed by atoms with Crippen molar-refractivity contribution in [3.05, 3.63) is 65.7 Å². The summed E-state index contributed by atoms with van der Waals surface area (Å²) in [4.78, 5) is 0.388. The predicted octanol–water partition coefficient (Wildman–Crippen LogP) is 4.30. The largest absolute Gasteiger partial charge is 0.243 e. The van der Waals surface area contributed by atoms with Crippen molar-refractivity contribution in [1.82, 2.24) is 4.31 Å². The van der Waals surface area contributed by atoms with Gasteiger partial charge in [0.15, 0.2) is 0 Å². The van der Waals surface area contributed by atoms with E-state index in [9.17, 15) is 8.42 Å². The van der Waals surface area contributed by atoms with Crippen LogP contribution in [0.4, 0.5) is 0 Å². The molecule has 1 atom stereocenters. The van der Waals surface area contributed by atoms with Crippen LogP contribution < -0.4 is 0 Å². The second kappa shape index (κ2) is 6.85. The Morgan fingerprint density at radius 3 is 2.30 bits per heavy atom. The zero-order chi connectivity index (χ0) is 16.3. The van der Waals surface area contributed by atoms with E-state index in [1.165, 1.54) is 5.56 Å². The van der Waals surface area contributed by atoms with Crippen LogP contribution in [0.5, 0.6) is 0 Å². The average molecular weight is 329 g/mol. The van der Waals surface area contributed by atoms with Crippen LogP contribution in [-0.2, 0) is 10.0 Å². The number of sulfonamides is 1. The summed E-state index contributed by atoms with van der Waals surface area (Å²) < 4.78 is 27.9. The summed E-state index contributed by atoms with van der Waals surface area (Å²) in [6.45, 7) is 2.64. The highest BCUT2D eigenvalue weighted by Crippen LogP contribution is 2.34. The van der Waals surface area contributed by atoms with E-state index < -0.39 is 10.0 Å². The molecule has 1 heterocycles. The lowest BCUT2D eigenvalue weighted by Crippen LogP contribution is -2.34. The molecule has 23 heavy (non-hydrogen) atoms. The predicted molar refractivity (Wildman–Crippen MR) is 92.7 cm³/mol. The van der Waals surface area contributed by atoms with E-state index in [-0.39, 0.29) is 6.04 Å². The molecule has 0 aliphatic carbocycles. The Bertz CT molecular complexity index is 739. The molecule has 2 aromatic rings. The molecule has 1 fully saturated rings. The summed E-state index contributed by atoms with van der Waals surface area (Å²) >= 11 is 0. The minimum absolute atomic E-state index is 0.0664. The van der Waals surface area contributed by atoms with Crippen LogP contribution in [0.2, 0.25) is 0 Å². The molecule has 0 radical (unpaired) electrons. The van der Waals surface area contributed by atoms with Crippen molar-refractivity contribution in [3.63, 3.8) is 0 Å². The molecule has 0 bridgehead atoms. The fourth-order valence-corrected chi connectivity index (χ4v) is 4.92. The second-order valence-electron chi connectivity index (χ2n) is 6.20.